The van der Waals surface area contributed by atoms with E-state index in [9.17, 15) is 14.4 Å². The smallest absolute Gasteiger partial charge is 0.240 e. The molecule has 18 heavy (non-hydrogen) atoms. The minimum absolute atomic E-state index is 0.110. The van der Waals surface area contributed by atoms with Crippen molar-refractivity contribution in [1.29, 1.82) is 0 Å². The van der Waals surface area contributed by atoms with E-state index >= 15 is 0 Å². The lowest BCUT2D eigenvalue weighted by Gasteiger charge is -2.15. The van der Waals surface area contributed by atoms with Gasteiger partial charge in [-0.2, -0.15) is 0 Å². The highest BCUT2D eigenvalue weighted by molar-refractivity contribution is 6.07. The number of nitrogens with one attached hydrogen (secondary N) is 1. The monoisotopic (exact) mass is 248 g/mol. The maximum absolute atomic E-state index is 12.0. The molecular formula is C13H16N2O3. The summed E-state index contributed by atoms with van der Waals surface area (Å²) in [6, 6.07) is 0. The maximum Gasteiger partial charge on any atom is 0.240 e. The van der Waals surface area contributed by atoms with E-state index in [1.807, 2.05) is 6.92 Å². The molecule has 2 aliphatic rings. The maximum atomic E-state index is 12.0. The summed E-state index contributed by atoms with van der Waals surface area (Å²) in [7, 11) is 0. The van der Waals surface area contributed by atoms with Crippen LogP contribution in [-0.4, -0.2) is 35.7 Å². The second-order valence-corrected chi connectivity index (χ2v) is 5.03. The highest BCUT2D eigenvalue weighted by Crippen LogP contribution is 2.42. The van der Waals surface area contributed by atoms with Crippen molar-refractivity contribution in [2.75, 3.05) is 13.1 Å². The summed E-state index contributed by atoms with van der Waals surface area (Å²) in [5.41, 5.74) is 0. The molecule has 0 aromatic carbocycles. The number of carbonyl (C=O) groups is 3. The molecule has 1 saturated heterocycles. The van der Waals surface area contributed by atoms with E-state index in [1.165, 1.54) is 0 Å². The van der Waals surface area contributed by atoms with Gasteiger partial charge in [0, 0.05) is 0 Å². The number of hydrogen-bond acceptors (Lipinski definition) is 3. The predicted molar refractivity (Wildman–Crippen MR) is 63.9 cm³/mol. The Labute approximate surface area is 106 Å². The number of fused-ring (bicyclic) bond motifs is 1. The Morgan fingerprint density at radius 1 is 1.39 bits per heavy atom. The summed E-state index contributed by atoms with van der Waals surface area (Å²) in [5, 5.41) is 2.45. The number of carbonyl (C=O) groups excluding carboxylic acids is 3. The fourth-order valence-corrected chi connectivity index (χ4v) is 2.85. The Morgan fingerprint density at radius 2 is 1.94 bits per heavy atom. The largest absolute Gasteiger partial charge is 0.344 e. The molecular weight excluding hydrogens is 232 g/mol. The third kappa shape index (κ3) is 2.10. The van der Waals surface area contributed by atoms with Crippen LogP contribution in [0.25, 0.3) is 0 Å². The van der Waals surface area contributed by atoms with E-state index in [2.05, 4.69) is 11.2 Å². The van der Waals surface area contributed by atoms with Crippen LogP contribution >= 0.6 is 0 Å². The predicted octanol–water partition coefficient (Wildman–Crippen LogP) is -0.233. The first-order valence-corrected chi connectivity index (χ1v) is 6.10. The minimum Gasteiger partial charge on any atom is -0.344 e. The van der Waals surface area contributed by atoms with Gasteiger partial charge in [-0.1, -0.05) is 12.8 Å². The van der Waals surface area contributed by atoms with Crippen molar-refractivity contribution in [3.05, 3.63) is 0 Å². The lowest BCUT2D eigenvalue weighted by atomic mass is 10.00. The molecule has 2 rings (SSSR count). The molecule has 3 amide bonds. The average Bonchev–Trinajstić information content (AvgIpc) is 2.81. The standard InChI is InChI=1S/C13H16N2O3/c1-3-4-14-11(16)7-15-12(17)9-5-8(2)6-10(9)13(15)18/h1,8-10H,4-7H2,2H3,(H,14,16). The van der Waals surface area contributed by atoms with Crippen LogP contribution < -0.4 is 5.32 Å². The van der Waals surface area contributed by atoms with Crippen LogP contribution in [0.3, 0.4) is 0 Å². The molecule has 2 fully saturated rings. The van der Waals surface area contributed by atoms with E-state index in [-0.39, 0.29) is 42.6 Å². The Hall–Kier alpha value is -1.83. The van der Waals surface area contributed by atoms with Gasteiger partial charge in [-0.05, 0) is 18.8 Å². The van der Waals surface area contributed by atoms with Crippen molar-refractivity contribution >= 4 is 17.7 Å². The zero-order valence-electron chi connectivity index (χ0n) is 10.3. The Kier molecular flexibility index (Phi) is 3.37. The zero-order valence-corrected chi connectivity index (χ0v) is 10.3. The van der Waals surface area contributed by atoms with Gasteiger partial charge >= 0.3 is 0 Å². The molecule has 1 aliphatic heterocycles. The number of hydrogen-bond donors (Lipinski definition) is 1. The number of nitrogens with zero attached hydrogens (tertiary/aromatic N) is 1. The molecule has 0 aromatic heterocycles. The summed E-state index contributed by atoms with van der Waals surface area (Å²) in [6.45, 7) is 1.95. The first-order chi connectivity index (χ1) is 8.54. The van der Waals surface area contributed by atoms with Gasteiger partial charge in [0.1, 0.15) is 6.54 Å². The van der Waals surface area contributed by atoms with Crippen molar-refractivity contribution in [1.82, 2.24) is 10.2 Å². The van der Waals surface area contributed by atoms with Gasteiger partial charge < -0.3 is 5.32 Å². The highest BCUT2D eigenvalue weighted by atomic mass is 16.2. The SMILES string of the molecule is C#CCNC(=O)CN1C(=O)C2CC(C)CC2C1=O. The lowest BCUT2D eigenvalue weighted by Crippen LogP contribution is -2.41. The molecule has 2 atom stereocenters. The van der Waals surface area contributed by atoms with E-state index in [1.54, 1.807) is 0 Å². The Bertz CT molecular complexity index is 414. The fourth-order valence-electron chi connectivity index (χ4n) is 2.85. The van der Waals surface area contributed by atoms with Gasteiger partial charge in [-0.25, -0.2) is 0 Å². The van der Waals surface area contributed by atoms with Crippen LogP contribution in [0.4, 0.5) is 0 Å². The van der Waals surface area contributed by atoms with Crippen LogP contribution in [0.1, 0.15) is 19.8 Å². The average molecular weight is 248 g/mol. The first-order valence-electron chi connectivity index (χ1n) is 6.10. The third-order valence-corrected chi connectivity index (χ3v) is 3.65. The number of terminal acetylenes is 1. The summed E-state index contributed by atoms with van der Waals surface area (Å²) in [6.07, 6.45) is 6.51. The topological polar surface area (TPSA) is 66.5 Å². The summed E-state index contributed by atoms with van der Waals surface area (Å²) < 4.78 is 0. The molecule has 5 heteroatoms. The first kappa shape index (κ1) is 12.6. The second kappa shape index (κ2) is 4.81. The van der Waals surface area contributed by atoms with Crippen LogP contribution in [0, 0.1) is 30.1 Å². The fraction of sp³-hybridized carbons (Fsp3) is 0.615. The van der Waals surface area contributed by atoms with Gasteiger partial charge in [0.15, 0.2) is 0 Å². The van der Waals surface area contributed by atoms with Gasteiger partial charge in [-0.3, -0.25) is 19.3 Å². The van der Waals surface area contributed by atoms with Crippen LogP contribution in [0.15, 0.2) is 0 Å². The molecule has 96 valence electrons. The van der Waals surface area contributed by atoms with Crippen LogP contribution in [0.2, 0.25) is 0 Å². The molecule has 0 bridgehead atoms. The molecule has 0 radical (unpaired) electrons. The van der Waals surface area contributed by atoms with E-state index in [4.69, 9.17) is 6.42 Å². The van der Waals surface area contributed by atoms with E-state index in [0.29, 0.717) is 5.92 Å². The molecule has 1 aliphatic carbocycles. The normalized spacial score (nSPS) is 30.2. The van der Waals surface area contributed by atoms with Crippen molar-refractivity contribution < 1.29 is 14.4 Å². The highest BCUT2D eigenvalue weighted by Gasteiger charge is 2.51. The molecule has 1 saturated carbocycles. The Morgan fingerprint density at radius 3 is 2.44 bits per heavy atom. The minimum atomic E-state index is -0.386. The molecule has 0 spiro atoms. The zero-order chi connectivity index (χ0) is 13.3. The Balaban J connectivity index is 2.00. The van der Waals surface area contributed by atoms with Gasteiger partial charge in [-0.15, -0.1) is 6.42 Å². The van der Waals surface area contributed by atoms with Crippen LogP contribution in [0.5, 0.6) is 0 Å². The summed E-state index contributed by atoms with van der Waals surface area (Å²) in [5.74, 6) is 1.46. The summed E-state index contributed by atoms with van der Waals surface area (Å²) in [4.78, 5) is 36.6. The molecule has 0 aromatic rings. The van der Waals surface area contributed by atoms with Gasteiger partial charge in [0.2, 0.25) is 17.7 Å². The van der Waals surface area contributed by atoms with Crippen molar-refractivity contribution in [3.63, 3.8) is 0 Å². The van der Waals surface area contributed by atoms with E-state index in [0.717, 1.165) is 17.7 Å². The van der Waals surface area contributed by atoms with Crippen molar-refractivity contribution in [2.45, 2.75) is 19.8 Å². The van der Waals surface area contributed by atoms with Gasteiger partial charge in [0.05, 0.1) is 18.4 Å². The summed E-state index contributed by atoms with van der Waals surface area (Å²) >= 11 is 0. The molecule has 5 nitrogen and oxygen atoms in total. The second-order valence-electron chi connectivity index (χ2n) is 5.03. The van der Waals surface area contributed by atoms with Crippen molar-refractivity contribution in [3.8, 4) is 12.3 Å². The number of likely N-dealkylation sites (tertiary alicyclic amines) is 1. The third-order valence-electron chi connectivity index (χ3n) is 3.65. The lowest BCUT2D eigenvalue weighted by molar-refractivity contribution is -0.144. The van der Waals surface area contributed by atoms with E-state index < -0.39 is 0 Å². The number of amides is 3. The molecule has 1 N–H and O–H groups in total. The van der Waals surface area contributed by atoms with Crippen molar-refractivity contribution in [2.24, 2.45) is 17.8 Å². The van der Waals surface area contributed by atoms with Crippen LogP contribution in [-0.2, 0) is 14.4 Å². The molecule has 1 heterocycles. The quantitative estimate of drug-likeness (QED) is 0.554. The van der Waals surface area contributed by atoms with Gasteiger partial charge in [0.25, 0.3) is 0 Å². The number of rotatable bonds is 3. The number of imide groups is 1. The molecule has 2 unspecified atom stereocenters.